The molecular weight excluding hydrogens is 268 g/mol. The zero-order chi connectivity index (χ0) is 15.4. The van der Waals surface area contributed by atoms with Crippen molar-refractivity contribution in [3.8, 4) is 0 Å². The second-order valence-electron chi connectivity index (χ2n) is 5.54. The van der Waals surface area contributed by atoms with Crippen molar-refractivity contribution < 1.29 is 9.59 Å². The molecule has 0 radical (unpaired) electrons. The molecule has 114 valence electrons. The highest BCUT2D eigenvalue weighted by atomic mass is 16.2. The molecule has 1 fully saturated rings. The minimum atomic E-state index is -0.495. The number of primary amides is 1. The van der Waals surface area contributed by atoms with Gasteiger partial charge in [0.15, 0.2) is 0 Å². The highest BCUT2D eigenvalue weighted by Gasteiger charge is 2.19. The average molecular weight is 290 g/mol. The van der Waals surface area contributed by atoms with Gasteiger partial charge >= 0.3 is 0 Å². The normalized spacial score (nSPS) is 14.7. The summed E-state index contributed by atoms with van der Waals surface area (Å²) in [5, 5.41) is 0. The van der Waals surface area contributed by atoms with E-state index in [1.54, 1.807) is 18.2 Å². The fourth-order valence-corrected chi connectivity index (χ4v) is 2.54. The van der Waals surface area contributed by atoms with Gasteiger partial charge in [0.1, 0.15) is 0 Å². The van der Waals surface area contributed by atoms with Crippen molar-refractivity contribution in [3.63, 3.8) is 0 Å². The Morgan fingerprint density at radius 1 is 1.29 bits per heavy atom. The predicted molar refractivity (Wildman–Crippen MR) is 81.5 cm³/mol. The van der Waals surface area contributed by atoms with Crippen LogP contribution in [-0.4, -0.2) is 48.3 Å². The van der Waals surface area contributed by atoms with Gasteiger partial charge in [0.25, 0.3) is 0 Å². The van der Waals surface area contributed by atoms with Crippen molar-refractivity contribution in [1.82, 2.24) is 9.80 Å². The maximum Gasteiger partial charge on any atom is 0.248 e. The Labute approximate surface area is 124 Å². The van der Waals surface area contributed by atoms with E-state index in [0.717, 1.165) is 31.5 Å². The molecule has 1 saturated heterocycles. The largest absolute Gasteiger partial charge is 0.398 e. The maximum absolute atomic E-state index is 12.1. The summed E-state index contributed by atoms with van der Waals surface area (Å²) in [5.74, 6) is -0.340. The fraction of sp³-hybridized carbons (Fsp3) is 0.467. The third-order valence-electron chi connectivity index (χ3n) is 3.73. The standard InChI is InChI=1S/C15H22N4O2/c1-18(10-14(20)19-6-2-3-7-19)9-12-5-4-11(15(17)21)8-13(12)16/h4-5,8H,2-3,6-7,9-10,16H2,1H3,(H2,17,21). The third-order valence-corrected chi connectivity index (χ3v) is 3.73. The van der Waals surface area contributed by atoms with Crippen LogP contribution >= 0.6 is 0 Å². The van der Waals surface area contributed by atoms with E-state index in [2.05, 4.69) is 0 Å². The summed E-state index contributed by atoms with van der Waals surface area (Å²) in [4.78, 5) is 27.0. The van der Waals surface area contributed by atoms with Gasteiger partial charge in [-0.2, -0.15) is 0 Å². The van der Waals surface area contributed by atoms with E-state index in [1.165, 1.54) is 0 Å². The first-order valence-electron chi connectivity index (χ1n) is 7.12. The molecule has 0 bridgehead atoms. The predicted octanol–water partition coefficient (Wildman–Crippen LogP) is 0.422. The number of hydrogen-bond donors (Lipinski definition) is 2. The monoisotopic (exact) mass is 290 g/mol. The smallest absolute Gasteiger partial charge is 0.248 e. The molecule has 6 nitrogen and oxygen atoms in total. The van der Waals surface area contributed by atoms with Crippen LogP contribution in [0.1, 0.15) is 28.8 Å². The van der Waals surface area contributed by atoms with Crippen LogP contribution < -0.4 is 11.5 Å². The first-order chi connectivity index (χ1) is 9.97. The van der Waals surface area contributed by atoms with Gasteiger partial charge in [-0.1, -0.05) is 6.07 Å². The summed E-state index contributed by atoms with van der Waals surface area (Å²) >= 11 is 0. The summed E-state index contributed by atoms with van der Waals surface area (Å²) in [6, 6.07) is 5.02. The van der Waals surface area contributed by atoms with E-state index < -0.39 is 5.91 Å². The molecule has 21 heavy (non-hydrogen) atoms. The van der Waals surface area contributed by atoms with Gasteiger partial charge in [0.05, 0.1) is 6.54 Å². The average Bonchev–Trinajstić information content (AvgIpc) is 2.94. The minimum Gasteiger partial charge on any atom is -0.398 e. The lowest BCUT2D eigenvalue weighted by Crippen LogP contribution is -2.37. The molecule has 2 rings (SSSR count). The van der Waals surface area contributed by atoms with Crippen LogP contribution in [0.3, 0.4) is 0 Å². The molecule has 2 amide bonds. The lowest BCUT2D eigenvalue weighted by molar-refractivity contribution is -0.131. The molecule has 1 heterocycles. The Hall–Kier alpha value is -2.08. The molecular formula is C15H22N4O2. The van der Waals surface area contributed by atoms with Crippen molar-refractivity contribution in [2.24, 2.45) is 5.73 Å². The quantitative estimate of drug-likeness (QED) is 0.769. The minimum absolute atomic E-state index is 0.155. The van der Waals surface area contributed by atoms with Crippen LogP contribution in [0, 0.1) is 0 Å². The molecule has 0 atom stereocenters. The molecule has 1 aliphatic rings. The maximum atomic E-state index is 12.1. The SMILES string of the molecule is CN(CC(=O)N1CCCC1)Cc1ccc(C(N)=O)cc1N. The summed E-state index contributed by atoms with van der Waals surface area (Å²) < 4.78 is 0. The number of nitrogens with two attached hydrogens (primary N) is 2. The zero-order valence-electron chi connectivity index (χ0n) is 12.3. The van der Waals surface area contributed by atoms with Crippen LogP contribution in [-0.2, 0) is 11.3 Å². The second-order valence-corrected chi connectivity index (χ2v) is 5.54. The molecule has 4 N–H and O–H groups in total. The molecule has 6 heteroatoms. The Balaban J connectivity index is 1.94. The van der Waals surface area contributed by atoms with Crippen LogP contribution in [0.2, 0.25) is 0 Å². The highest BCUT2D eigenvalue weighted by molar-refractivity contribution is 5.93. The molecule has 1 aromatic carbocycles. The zero-order valence-corrected chi connectivity index (χ0v) is 12.3. The summed E-state index contributed by atoms with van der Waals surface area (Å²) in [6.07, 6.45) is 2.19. The number of anilines is 1. The molecule has 0 aromatic heterocycles. The number of carbonyl (C=O) groups is 2. The van der Waals surface area contributed by atoms with Crippen molar-refractivity contribution >= 4 is 17.5 Å². The van der Waals surface area contributed by atoms with E-state index in [0.29, 0.717) is 24.3 Å². The molecule has 1 aliphatic heterocycles. The number of amides is 2. The number of benzene rings is 1. The molecule has 0 aliphatic carbocycles. The van der Waals surface area contributed by atoms with Crippen LogP contribution in [0.15, 0.2) is 18.2 Å². The number of rotatable bonds is 5. The number of hydrogen-bond acceptors (Lipinski definition) is 4. The van der Waals surface area contributed by atoms with Crippen LogP contribution in [0.4, 0.5) is 5.69 Å². The Morgan fingerprint density at radius 2 is 1.95 bits per heavy atom. The van der Waals surface area contributed by atoms with Gasteiger partial charge in [-0.3, -0.25) is 14.5 Å². The number of nitrogens with zero attached hydrogens (tertiary/aromatic N) is 2. The number of likely N-dealkylation sites (N-methyl/N-ethyl adjacent to an activating group) is 1. The first-order valence-corrected chi connectivity index (χ1v) is 7.12. The number of likely N-dealkylation sites (tertiary alicyclic amines) is 1. The number of carbonyl (C=O) groups excluding carboxylic acids is 2. The van der Waals surface area contributed by atoms with E-state index in [1.807, 2.05) is 16.8 Å². The van der Waals surface area contributed by atoms with E-state index in [-0.39, 0.29) is 5.91 Å². The highest BCUT2D eigenvalue weighted by Crippen LogP contribution is 2.16. The van der Waals surface area contributed by atoms with E-state index in [9.17, 15) is 9.59 Å². The Kier molecular flexibility index (Phi) is 4.80. The van der Waals surface area contributed by atoms with Gasteiger partial charge in [-0.25, -0.2) is 0 Å². The lowest BCUT2D eigenvalue weighted by Gasteiger charge is -2.21. The van der Waals surface area contributed by atoms with Crippen molar-refractivity contribution in [2.45, 2.75) is 19.4 Å². The van der Waals surface area contributed by atoms with Gasteiger partial charge in [-0.15, -0.1) is 0 Å². The van der Waals surface area contributed by atoms with Gasteiger partial charge < -0.3 is 16.4 Å². The van der Waals surface area contributed by atoms with Gasteiger partial charge in [0, 0.05) is 30.9 Å². The van der Waals surface area contributed by atoms with E-state index in [4.69, 9.17) is 11.5 Å². The molecule has 0 saturated carbocycles. The molecule has 0 spiro atoms. The first kappa shape index (κ1) is 15.3. The van der Waals surface area contributed by atoms with E-state index >= 15 is 0 Å². The van der Waals surface area contributed by atoms with Crippen molar-refractivity contribution in [1.29, 1.82) is 0 Å². The second kappa shape index (κ2) is 6.58. The van der Waals surface area contributed by atoms with Gasteiger partial charge in [-0.05, 0) is 37.6 Å². The van der Waals surface area contributed by atoms with Gasteiger partial charge in [0.2, 0.25) is 11.8 Å². The summed E-state index contributed by atoms with van der Waals surface area (Å²) in [7, 11) is 1.88. The summed E-state index contributed by atoms with van der Waals surface area (Å²) in [6.45, 7) is 2.66. The lowest BCUT2D eigenvalue weighted by atomic mass is 10.1. The summed E-state index contributed by atoms with van der Waals surface area (Å²) in [5.41, 5.74) is 12.9. The van der Waals surface area contributed by atoms with Crippen molar-refractivity contribution in [3.05, 3.63) is 29.3 Å². The Morgan fingerprint density at radius 3 is 2.52 bits per heavy atom. The van der Waals surface area contributed by atoms with Crippen LogP contribution in [0.25, 0.3) is 0 Å². The Bertz CT molecular complexity index is 538. The number of nitrogen functional groups attached to an aromatic ring is 1. The van der Waals surface area contributed by atoms with Crippen molar-refractivity contribution in [2.75, 3.05) is 32.4 Å². The topological polar surface area (TPSA) is 92.7 Å². The molecule has 0 unspecified atom stereocenters. The third kappa shape index (κ3) is 3.95. The van der Waals surface area contributed by atoms with Crippen LogP contribution in [0.5, 0.6) is 0 Å². The fourth-order valence-electron chi connectivity index (χ4n) is 2.54. The molecule has 1 aromatic rings.